The first-order valence-electron chi connectivity index (χ1n) is 11.7. The summed E-state index contributed by atoms with van der Waals surface area (Å²) in [5.41, 5.74) is 0.995. The van der Waals surface area contributed by atoms with Crippen molar-refractivity contribution in [2.24, 2.45) is 11.8 Å². The van der Waals surface area contributed by atoms with Gasteiger partial charge in [-0.05, 0) is 36.8 Å². The summed E-state index contributed by atoms with van der Waals surface area (Å²) < 4.78 is 5.33. The third-order valence-corrected chi connectivity index (χ3v) is 5.98. The topological polar surface area (TPSA) is 70.2 Å². The van der Waals surface area contributed by atoms with Gasteiger partial charge in [0.15, 0.2) is 0 Å². The molecule has 2 saturated heterocycles. The van der Waals surface area contributed by atoms with Crippen LogP contribution >= 0.6 is 0 Å². The second-order valence-corrected chi connectivity index (χ2v) is 8.98. The van der Waals surface area contributed by atoms with Crippen LogP contribution in [0.3, 0.4) is 0 Å². The summed E-state index contributed by atoms with van der Waals surface area (Å²) in [5, 5.41) is 0. The van der Waals surface area contributed by atoms with Gasteiger partial charge in [0.25, 0.3) is 0 Å². The van der Waals surface area contributed by atoms with Crippen LogP contribution in [-0.4, -0.2) is 78.5 Å². The van der Waals surface area contributed by atoms with E-state index in [1.165, 1.54) is 0 Å². The second-order valence-electron chi connectivity index (χ2n) is 8.98. The number of piperidine rings is 1. The number of carbonyl (C=O) groups is 3. The molecular weight excluding hydrogens is 406 g/mol. The minimum absolute atomic E-state index is 0.00919. The predicted octanol–water partition coefficient (Wildman–Crippen LogP) is 3.27. The summed E-state index contributed by atoms with van der Waals surface area (Å²) >= 11 is 0. The first-order chi connectivity index (χ1) is 15.4. The lowest BCUT2D eigenvalue weighted by molar-refractivity contribution is -0.139. The normalized spacial score (nSPS) is 18.2. The Balaban J connectivity index is 1.44. The van der Waals surface area contributed by atoms with Crippen molar-refractivity contribution in [3.8, 4) is 0 Å². The maximum Gasteiger partial charge on any atom is 0.409 e. The average Bonchev–Trinajstić information content (AvgIpc) is 3.08. The number of benzene rings is 1. The molecule has 0 aromatic heterocycles. The monoisotopic (exact) mass is 441 g/mol. The third kappa shape index (κ3) is 6.84. The lowest BCUT2D eigenvalue weighted by Crippen LogP contribution is -2.45. The summed E-state index contributed by atoms with van der Waals surface area (Å²) in [6.07, 6.45) is 5.27. The molecule has 1 aromatic carbocycles. The van der Waals surface area contributed by atoms with Crippen LogP contribution in [0.15, 0.2) is 36.4 Å². The molecule has 0 bridgehead atoms. The van der Waals surface area contributed by atoms with Crippen molar-refractivity contribution < 1.29 is 19.1 Å². The summed E-state index contributed by atoms with van der Waals surface area (Å²) in [4.78, 5) is 43.2. The zero-order valence-corrected chi connectivity index (χ0v) is 19.2. The molecule has 0 saturated carbocycles. The minimum Gasteiger partial charge on any atom is -0.449 e. The van der Waals surface area contributed by atoms with E-state index in [0.717, 1.165) is 12.0 Å². The molecule has 2 fully saturated rings. The van der Waals surface area contributed by atoms with Crippen LogP contribution in [0.1, 0.15) is 38.7 Å². The van der Waals surface area contributed by atoms with Crippen LogP contribution in [0.4, 0.5) is 4.79 Å². The zero-order valence-electron chi connectivity index (χ0n) is 19.2. The highest BCUT2D eigenvalue weighted by atomic mass is 16.6. The van der Waals surface area contributed by atoms with E-state index in [4.69, 9.17) is 4.74 Å². The van der Waals surface area contributed by atoms with Crippen molar-refractivity contribution in [3.05, 3.63) is 42.0 Å². The molecule has 0 aliphatic carbocycles. The number of carbonyl (C=O) groups excluding carboxylic acids is 3. The highest BCUT2D eigenvalue weighted by Crippen LogP contribution is 2.21. The summed E-state index contributed by atoms with van der Waals surface area (Å²) in [6.45, 7) is 7.93. The number of hydrogen-bond donors (Lipinski definition) is 0. The average molecular weight is 442 g/mol. The summed E-state index contributed by atoms with van der Waals surface area (Å²) in [6, 6.07) is 9.75. The fourth-order valence-electron chi connectivity index (χ4n) is 4.09. The minimum atomic E-state index is -0.289. The van der Waals surface area contributed by atoms with E-state index in [-0.39, 0.29) is 23.8 Å². The number of likely N-dealkylation sites (tertiary alicyclic amines) is 1. The summed E-state index contributed by atoms with van der Waals surface area (Å²) in [7, 11) is 0. The van der Waals surface area contributed by atoms with Crippen molar-refractivity contribution >= 4 is 24.0 Å². The molecule has 0 radical (unpaired) electrons. The van der Waals surface area contributed by atoms with E-state index in [1.54, 1.807) is 11.0 Å². The fraction of sp³-hybridized carbons (Fsp3) is 0.560. The lowest BCUT2D eigenvalue weighted by Gasteiger charge is -2.33. The van der Waals surface area contributed by atoms with Gasteiger partial charge < -0.3 is 19.4 Å². The van der Waals surface area contributed by atoms with Crippen LogP contribution in [0.5, 0.6) is 0 Å². The molecule has 174 valence electrons. The van der Waals surface area contributed by atoms with Crippen molar-refractivity contribution in [1.29, 1.82) is 0 Å². The van der Waals surface area contributed by atoms with E-state index in [2.05, 4.69) is 0 Å². The Bertz CT molecular complexity index is 801. The molecule has 0 atom stereocenters. The Kier molecular flexibility index (Phi) is 8.71. The first-order valence-corrected chi connectivity index (χ1v) is 11.7. The molecular formula is C25H35N3O4. The maximum atomic E-state index is 13.1. The molecule has 3 amide bonds. The molecule has 2 aliphatic rings. The van der Waals surface area contributed by atoms with Gasteiger partial charge in [-0.3, -0.25) is 9.59 Å². The lowest BCUT2D eigenvalue weighted by atomic mass is 9.95. The highest BCUT2D eigenvalue weighted by Gasteiger charge is 2.31. The molecule has 3 rings (SSSR count). The number of amides is 3. The SMILES string of the molecule is CC(C)COC(=O)N1CCCN(C(=O)C2CCN(C(=O)/C=C/c3ccccc3)CC2)CC1. The van der Waals surface area contributed by atoms with Crippen molar-refractivity contribution in [1.82, 2.24) is 14.7 Å². The second kappa shape index (κ2) is 11.7. The molecule has 7 nitrogen and oxygen atoms in total. The third-order valence-electron chi connectivity index (χ3n) is 5.98. The smallest absolute Gasteiger partial charge is 0.409 e. The van der Waals surface area contributed by atoms with E-state index >= 15 is 0 Å². The number of nitrogens with zero attached hydrogens (tertiary/aromatic N) is 3. The van der Waals surface area contributed by atoms with Gasteiger partial charge in [-0.2, -0.15) is 0 Å². The number of ether oxygens (including phenoxy) is 1. The van der Waals surface area contributed by atoms with Gasteiger partial charge in [0.1, 0.15) is 0 Å². The van der Waals surface area contributed by atoms with E-state index in [9.17, 15) is 14.4 Å². The molecule has 2 aliphatic heterocycles. The molecule has 1 aromatic rings. The van der Waals surface area contributed by atoms with Gasteiger partial charge in [0.2, 0.25) is 11.8 Å². The van der Waals surface area contributed by atoms with Crippen molar-refractivity contribution in [2.75, 3.05) is 45.9 Å². The van der Waals surface area contributed by atoms with E-state index in [0.29, 0.717) is 64.6 Å². The van der Waals surface area contributed by atoms with Crippen molar-refractivity contribution in [3.63, 3.8) is 0 Å². The number of hydrogen-bond acceptors (Lipinski definition) is 4. The molecule has 0 N–H and O–H groups in total. The highest BCUT2D eigenvalue weighted by molar-refractivity contribution is 5.92. The predicted molar refractivity (Wildman–Crippen MR) is 124 cm³/mol. The van der Waals surface area contributed by atoms with Gasteiger partial charge in [0, 0.05) is 51.3 Å². The summed E-state index contributed by atoms with van der Waals surface area (Å²) in [5.74, 6) is 0.381. The van der Waals surface area contributed by atoms with Crippen LogP contribution in [0.2, 0.25) is 0 Å². The van der Waals surface area contributed by atoms with Crippen LogP contribution in [-0.2, 0) is 14.3 Å². The zero-order chi connectivity index (χ0) is 22.9. The quantitative estimate of drug-likeness (QED) is 0.658. The Morgan fingerprint density at radius 3 is 2.28 bits per heavy atom. The number of rotatable bonds is 5. The Labute approximate surface area is 191 Å². The van der Waals surface area contributed by atoms with Crippen LogP contribution in [0, 0.1) is 11.8 Å². The molecule has 2 heterocycles. The Morgan fingerprint density at radius 2 is 1.59 bits per heavy atom. The molecule has 0 unspecified atom stereocenters. The van der Waals surface area contributed by atoms with Crippen LogP contribution < -0.4 is 0 Å². The molecule has 7 heteroatoms. The van der Waals surface area contributed by atoms with E-state index in [1.807, 2.05) is 60.1 Å². The Hall–Kier alpha value is -2.83. The van der Waals surface area contributed by atoms with Gasteiger partial charge in [0.05, 0.1) is 6.61 Å². The van der Waals surface area contributed by atoms with Crippen LogP contribution in [0.25, 0.3) is 6.08 Å². The molecule has 0 spiro atoms. The van der Waals surface area contributed by atoms with Gasteiger partial charge >= 0.3 is 6.09 Å². The van der Waals surface area contributed by atoms with Gasteiger partial charge in [-0.25, -0.2) is 4.79 Å². The van der Waals surface area contributed by atoms with Gasteiger partial charge in [-0.15, -0.1) is 0 Å². The standard InChI is InChI=1S/C25H35N3O4/c1-20(2)19-32-25(31)28-14-6-13-27(17-18-28)24(30)22-11-15-26(16-12-22)23(29)10-9-21-7-4-3-5-8-21/h3-5,7-10,20,22H,6,11-19H2,1-2H3/b10-9+. The fourth-order valence-corrected chi connectivity index (χ4v) is 4.09. The van der Waals surface area contributed by atoms with Gasteiger partial charge in [-0.1, -0.05) is 44.2 Å². The van der Waals surface area contributed by atoms with Crippen molar-refractivity contribution in [2.45, 2.75) is 33.1 Å². The molecule has 32 heavy (non-hydrogen) atoms. The maximum absolute atomic E-state index is 13.1. The first kappa shape index (κ1) is 23.8. The largest absolute Gasteiger partial charge is 0.449 e. The van der Waals surface area contributed by atoms with E-state index < -0.39 is 0 Å². The Morgan fingerprint density at radius 1 is 0.938 bits per heavy atom.